The van der Waals surface area contributed by atoms with Gasteiger partial charge in [0.25, 0.3) is 0 Å². The Kier molecular flexibility index (Phi) is 4.31. The van der Waals surface area contributed by atoms with E-state index >= 15 is 0 Å². The van der Waals surface area contributed by atoms with Crippen LogP contribution in [0.15, 0.2) is 12.1 Å². The Balaban J connectivity index is 2.67. The Morgan fingerprint density at radius 2 is 1.84 bits per heavy atom. The summed E-state index contributed by atoms with van der Waals surface area (Å²) in [5, 5.41) is 0. The number of alkyl halides is 3. The highest BCUT2D eigenvalue weighted by atomic mass is 35.6. The molecule has 104 valence electrons. The van der Waals surface area contributed by atoms with E-state index < -0.39 is 3.79 Å². The van der Waals surface area contributed by atoms with Crippen LogP contribution in [0, 0.1) is 13.8 Å². The lowest BCUT2D eigenvalue weighted by Crippen LogP contribution is -2.14. The number of benzene rings is 1. The van der Waals surface area contributed by atoms with Crippen LogP contribution in [0.1, 0.15) is 23.4 Å². The molecule has 6 heteroatoms. The minimum absolute atomic E-state index is 0.450. The summed E-state index contributed by atoms with van der Waals surface area (Å²) in [6.45, 7) is 5.38. The maximum atomic E-state index is 6.01. The third-order valence-electron chi connectivity index (χ3n) is 3.20. The first-order chi connectivity index (χ1) is 8.84. The molecule has 0 spiro atoms. The first-order valence-electron chi connectivity index (χ1n) is 6.09. The molecular formula is C13H16Cl3N3. The minimum atomic E-state index is -1.53. The van der Waals surface area contributed by atoms with Crippen LogP contribution in [0.5, 0.6) is 0 Å². The van der Waals surface area contributed by atoms with Gasteiger partial charge in [0.15, 0.2) is 5.82 Å². The van der Waals surface area contributed by atoms with Gasteiger partial charge in [-0.15, -0.1) is 0 Å². The lowest BCUT2D eigenvalue weighted by atomic mass is 10.1. The molecule has 0 radical (unpaired) electrons. The predicted molar refractivity (Wildman–Crippen MR) is 82.1 cm³/mol. The van der Waals surface area contributed by atoms with E-state index in [0.717, 1.165) is 17.5 Å². The predicted octanol–water partition coefficient (Wildman–Crippen LogP) is 3.83. The van der Waals surface area contributed by atoms with E-state index in [1.807, 2.05) is 17.6 Å². The van der Waals surface area contributed by atoms with Crippen LogP contribution in [0.4, 0.5) is 0 Å². The number of rotatable bonds is 3. The molecule has 0 atom stereocenters. The molecule has 0 aliphatic carbocycles. The van der Waals surface area contributed by atoms with E-state index in [4.69, 9.17) is 40.5 Å². The first kappa shape index (κ1) is 14.9. The molecule has 0 aliphatic rings. The molecule has 1 aromatic heterocycles. The number of nitrogens with zero attached hydrogens (tertiary/aromatic N) is 2. The number of nitrogens with two attached hydrogens (primary N) is 1. The molecule has 0 fully saturated rings. The fourth-order valence-electron chi connectivity index (χ4n) is 2.07. The molecule has 2 N–H and O–H groups in total. The summed E-state index contributed by atoms with van der Waals surface area (Å²) >= 11 is 18.0. The van der Waals surface area contributed by atoms with E-state index in [-0.39, 0.29) is 0 Å². The molecule has 0 aliphatic heterocycles. The highest BCUT2D eigenvalue weighted by Crippen LogP contribution is 2.39. The van der Waals surface area contributed by atoms with Gasteiger partial charge in [0.1, 0.15) is 0 Å². The standard InChI is InChI=1S/C13H16Cl3N3/c1-8-6-10-11(7-9(8)2)19(5-3-4-17)12(18-10)13(14,15)16/h6-7H,3-5,17H2,1-2H3. The second-order valence-electron chi connectivity index (χ2n) is 4.65. The fraction of sp³-hybridized carbons (Fsp3) is 0.462. The van der Waals surface area contributed by atoms with E-state index in [9.17, 15) is 0 Å². The molecule has 0 unspecified atom stereocenters. The summed E-state index contributed by atoms with van der Waals surface area (Å²) in [5.41, 5.74) is 9.77. The van der Waals surface area contributed by atoms with Crippen molar-refractivity contribution in [3.8, 4) is 0 Å². The van der Waals surface area contributed by atoms with Gasteiger partial charge in [0.05, 0.1) is 11.0 Å². The SMILES string of the molecule is Cc1cc2nc(C(Cl)(Cl)Cl)n(CCCN)c2cc1C. The Hall–Kier alpha value is -0.480. The van der Waals surface area contributed by atoms with Gasteiger partial charge < -0.3 is 10.3 Å². The van der Waals surface area contributed by atoms with Gasteiger partial charge in [-0.25, -0.2) is 4.98 Å². The van der Waals surface area contributed by atoms with E-state index in [0.29, 0.717) is 18.9 Å². The summed E-state index contributed by atoms with van der Waals surface area (Å²) in [7, 11) is 0. The normalized spacial score (nSPS) is 12.3. The van der Waals surface area contributed by atoms with Crippen LogP contribution >= 0.6 is 34.8 Å². The van der Waals surface area contributed by atoms with Crippen LogP contribution in [0.2, 0.25) is 0 Å². The van der Waals surface area contributed by atoms with Gasteiger partial charge in [-0.05, 0) is 50.1 Å². The van der Waals surface area contributed by atoms with Crippen LogP contribution < -0.4 is 5.73 Å². The molecule has 0 saturated heterocycles. The molecule has 2 aromatic rings. The van der Waals surface area contributed by atoms with Crippen LogP contribution in [0.25, 0.3) is 11.0 Å². The molecule has 3 nitrogen and oxygen atoms in total. The van der Waals surface area contributed by atoms with Crippen molar-refractivity contribution in [3.63, 3.8) is 0 Å². The highest BCUT2D eigenvalue weighted by Gasteiger charge is 2.30. The van der Waals surface area contributed by atoms with Crippen molar-refractivity contribution in [2.45, 2.75) is 30.6 Å². The lowest BCUT2D eigenvalue weighted by Gasteiger charge is -2.14. The molecule has 1 heterocycles. The van der Waals surface area contributed by atoms with E-state index in [2.05, 4.69) is 18.0 Å². The second kappa shape index (κ2) is 5.49. The van der Waals surface area contributed by atoms with Crippen molar-refractivity contribution >= 4 is 45.8 Å². The van der Waals surface area contributed by atoms with Crippen molar-refractivity contribution < 1.29 is 0 Å². The van der Waals surface area contributed by atoms with Crippen molar-refractivity contribution in [2.24, 2.45) is 5.73 Å². The third-order valence-corrected chi connectivity index (χ3v) is 3.71. The average Bonchev–Trinajstić information content (AvgIpc) is 2.65. The van der Waals surface area contributed by atoms with Crippen LogP contribution in [-0.4, -0.2) is 16.1 Å². The number of imidazole rings is 1. The molecule has 0 bridgehead atoms. The molecule has 0 amide bonds. The van der Waals surface area contributed by atoms with Gasteiger partial charge in [-0.1, -0.05) is 34.8 Å². The maximum absolute atomic E-state index is 6.01. The quantitative estimate of drug-likeness (QED) is 0.874. The van der Waals surface area contributed by atoms with Gasteiger partial charge in [-0.3, -0.25) is 0 Å². The number of aryl methyl sites for hydroxylation is 3. The average molecular weight is 321 g/mol. The fourth-order valence-corrected chi connectivity index (χ4v) is 2.50. The van der Waals surface area contributed by atoms with Gasteiger partial charge in [-0.2, -0.15) is 0 Å². The molecule has 1 aromatic carbocycles. The number of fused-ring (bicyclic) bond motifs is 1. The Bertz CT molecular complexity index is 599. The third kappa shape index (κ3) is 3.00. The van der Waals surface area contributed by atoms with Crippen molar-refractivity contribution in [1.29, 1.82) is 0 Å². The maximum Gasteiger partial charge on any atom is 0.248 e. The zero-order valence-electron chi connectivity index (χ0n) is 10.9. The zero-order chi connectivity index (χ0) is 14.2. The topological polar surface area (TPSA) is 43.8 Å². The smallest absolute Gasteiger partial charge is 0.248 e. The summed E-state index contributed by atoms with van der Waals surface area (Å²) in [6.07, 6.45) is 0.812. The highest BCUT2D eigenvalue weighted by molar-refractivity contribution is 6.66. The Morgan fingerprint density at radius 1 is 1.21 bits per heavy atom. The van der Waals surface area contributed by atoms with Crippen LogP contribution in [0.3, 0.4) is 0 Å². The monoisotopic (exact) mass is 319 g/mol. The molecule has 0 saturated carbocycles. The zero-order valence-corrected chi connectivity index (χ0v) is 13.1. The summed E-state index contributed by atoms with van der Waals surface area (Å²) in [6, 6.07) is 4.09. The number of hydrogen-bond donors (Lipinski definition) is 1. The summed E-state index contributed by atoms with van der Waals surface area (Å²) in [4.78, 5) is 4.47. The van der Waals surface area contributed by atoms with Gasteiger partial charge in [0, 0.05) is 6.54 Å². The second-order valence-corrected chi connectivity index (χ2v) is 6.93. The molecule has 2 rings (SSSR count). The minimum Gasteiger partial charge on any atom is -0.330 e. The van der Waals surface area contributed by atoms with Crippen LogP contribution in [-0.2, 0) is 10.3 Å². The summed E-state index contributed by atoms with van der Waals surface area (Å²) < 4.78 is 0.414. The number of aromatic nitrogens is 2. The summed E-state index contributed by atoms with van der Waals surface area (Å²) in [5.74, 6) is 0.450. The Morgan fingerprint density at radius 3 is 2.42 bits per heavy atom. The lowest BCUT2D eigenvalue weighted by molar-refractivity contribution is 0.638. The largest absolute Gasteiger partial charge is 0.330 e. The van der Waals surface area contributed by atoms with E-state index in [1.165, 1.54) is 11.1 Å². The number of halogens is 3. The van der Waals surface area contributed by atoms with Gasteiger partial charge in [0.2, 0.25) is 3.79 Å². The first-order valence-corrected chi connectivity index (χ1v) is 7.22. The molecule has 19 heavy (non-hydrogen) atoms. The van der Waals surface area contributed by atoms with Crippen molar-refractivity contribution in [2.75, 3.05) is 6.54 Å². The Labute approximate surface area is 127 Å². The van der Waals surface area contributed by atoms with Crippen molar-refractivity contribution in [3.05, 3.63) is 29.1 Å². The van der Waals surface area contributed by atoms with E-state index in [1.54, 1.807) is 0 Å². The van der Waals surface area contributed by atoms with Crippen molar-refractivity contribution in [1.82, 2.24) is 9.55 Å². The van der Waals surface area contributed by atoms with Gasteiger partial charge >= 0.3 is 0 Å². The number of hydrogen-bond acceptors (Lipinski definition) is 2. The molecular weight excluding hydrogens is 305 g/mol.